The minimum atomic E-state index is -0.301. The number of hydrogen-bond donors (Lipinski definition) is 2. The van der Waals surface area contributed by atoms with Crippen LogP contribution in [0.5, 0.6) is 0 Å². The van der Waals surface area contributed by atoms with Crippen LogP contribution in [0, 0.1) is 26.7 Å². The summed E-state index contributed by atoms with van der Waals surface area (Å²) in [6.45, 7) is 9.36. The zero-order valence-electron chi connectivity index (χ0n) is 17.0. The third-order valence-electron chi connectivity index (χ3n) is 5.25. The Labute approximate surface area is 165 Å². The summed E-state index contributed by atoms with van der Waals surface area (Å²) in [6.07, 6.45) is 4.77. The number of pyridine rings is 1. The van der Waals surface area contributed by atoms with Crippen LogP contribution in [0.4, 0.5) is 0 Å². The van der Waals surface area contributed by atoms with Gasteiger partial charge in [-0.05, 0) is 70.7 Å². The summed E-state index contributed by atoms with van der Waals surface area (Å²) in [7, 11) is 0. The molecule has 0 saturated carbocycles. The average molecular weight is 387 g/mol. The first-order valence-corrected chi connectivity index (χ1v) is 10.0. The van der Waals surface area contributed by atoms with Crippen LogP contribution in [0.2, 0.25) is 0 Å². The number of hydrogen-bond acceptors (Lipinski definition) is 5. The van der Waals surface area contributed by atoms with Gasteiger partial charge in [-0.3, -0.25) is 14.3 Å². The molecule has 1 aliphatic rings. The molecule has 0 radical (unpaired) electrons. The monoisotopic (exact) mass is 386 g/mol. The largest absolute Gasteiger partial charge is 0.352 e. The summed E-state index contributed by atoms with van der Waals surface area (Å²) in [5, 5.41) is 10.6. The fourth-order valence-electron chi connectivity index (χ4n) is 3.74. The molecule has 1 saturated heterocycles. The molecule has 1 fully saturated rings. The molecule has 8 heteroatoms. The molecule has 2 aromatic rings. The smallest absolute Gasteiger partial charge is 0.263 e. The summed E-state index contributed by atoms with van der Waals surface area (Å²) in [6, 6.07) is 1.86. The van der Waals surface area contributed by atoms with E-state index in [9.17, 15) is 9.59 Å². The van der Waals surface area contributed by atoms with E-state index in [4.69, 9.17) is 0 Å². The quantitative estimate of drug-likeness (QED) is 0.697. The molecule has 1 aliphatic heterocycles. The molecule has 3 rings (SSSR count). The van der Waals surface area contributed by atoms with Crippen molar-refractivity contribution in [3.8, 4) is 0 Å². The number of piperidine rings is 1. The van der Waals surface area contributed by atoms with Gasteiger partial charge in [0.15, 0.2) is 0 Å². The van der Waals surface area contributed by atoms with Crippen LogP contribution in [0.1, 0.15) is 46.8 Å². The van der Waals surface area contributed by atoms with Crippen LogP contribution >= 0.6 is 0 Å². The second-order valence-electron chi connectivity index (χ2n) is 7.58. The Balaban J connectivity index is 1.59. The summed E-state index contributed by atoms with van der Waals surface area (Å²) >= 11 is 0. The van der Waals surface area contributed by atoms with E-state index in [-0.39, 0.29) is 17.0 Å². The highest BCUT2D eigenvalue weighted by Gasteiger charge is 2.18. The van der Waals surface area contributed by atoms with E-state index in [2.05, 4.69) is 20.7 Å². The second kappa shape index (κ2) is 9.14. The first-order valence-electron chi connectivity index (χ1n) is 10.0. The molecule has 8 nitrogen and oxygen atoms in total. The Kier molecular flexibility index (Phi) is 6.61. The van der Waals surface area contributed by atoms with Crippen molar-refractivity contribution in [3.05, 3.63) is 45.4 Å². The lowest BCUT2D eigenvalue weighted by atomic mass is 9.99. The average Bonchev–Trinajstić information content (AvgIpc) is 2.99. The summed E-state index contributed by atoms with van der Waals surface area (Å²) < 4.78 is 3.52. The van der Waals surface area contributed by atoms with Gasteiger partial charge < -0.3 is 15.2 Å². The molecule has 28 heavy (non-hydrogen) atoms. The van der Waals surface area contributed by atoms with Gasteiger partial charge in [-0.1, -0.05) is 0 Å². The fourth-order valence-corrected chi connectivity index (χ4v) is 3.74. The first-order chi connectivity index (χ1) is 13.5. The zero-order valence-corrected chi connectivity index (χ0v) is 17.0. The van der Waals surface area contributed by atoms with Crippen LogP contribution in [0.25, 0.3) is 0 Å². The van der Waals surface area contributed by atoms with E-state index < -0.39 is 0 Å². The van der Waals surface area contributed by atoms with E-state index in [1.807, 2.05) is 31.5 Å². The summed E-state index contributed by atoms with van der Waals surface area (Å²) in [5.41, 5.74) is 0.758. The number of carbonyl (C=O) groups excluding carboxylic acids is 1. The number of amides is 1. The fraction of sp³-hybridized carbons (Fsp3) is 0.600. The lowest BCUT2D eigenvalue weighted by molar-refractivity contribution is 0.0949. The minimum absolute atomic E-state index is 0.203. The number of carbonyl (C=O) groups is 1. The molecule has 1 amide bonds. The maximum absolute atomic E-state index is 12.9. The van der Waals surface area contributed by atoms with Crippen molar-refractivity contribution in [1.29, 1.82) is 0 Å². The van der Waals surface area contributed by atoms with Crippen LogP contribution in [-0.4, -0.2) is 44.9 Å². The minimum Gasteiger partial charge on any atom is -0.352 e. The number of rotatable bonds is 7. The highest BCUT2D eigenvalue weighted by Crippen LogP contribution is 2.12. The maximum atomic E-state index is 12.9. The molecule has 0 aromatic carbocycles. The third-order valence-corrected chi connectivity index (χ3v) is 5.25. The highest BCUT2D eigenvalue weighted by atomic mass is 16.2. The molecule has 0 aliphatic carbocycles. The van der Waals surface area contributed by atoms with Gasteiger partial charge in [-0.2, -0.15) is 5.10 Å². The Hall–Kier alpha value is -2.48. The second-order valence-corrected chi connectivity index (χ2v) is 7.58. The summed E-state index contributed by atoms with van der Waals surface area (Å²) in [4.78, 5) is 29.8. The van der Waals surface area contributed by atoms with Crippen molar-refractivity contribution in [2.45, 2.75) is 53.1 Å². The Bertz CT molecular complexity index is 879. The molecular formula is C20H30N6O2. The summed E-state index contributed by atoms with van der Waals surface area (Å²) in [5.74, 6) is 1.74. The van der Waals surface area contributed by atoms with Crippen molar-refractivity contribution in [1.82, 2.24) is 30.0 Å². The van der Waals surface area contributed by atoms with Gasteiger partial charge in [-0.15, -0.1) is 0 Å². The Morgan fingerprint density at radius 2 is 2.18 bits per heavy atom. The first kappa shape index (κ1) is 20.3. The van der Waals surface area contributed by atoms with Crippen LogP contribution in [0.15, 0.2) is 17.1 Å². The molecule has 3 heterocycles. The van der Waals surface area contributed by atoms with Crippen molar-refractivity contribution >= 4 is 5.91 Å². The SMILES string of the molecule is Cc1nc(C)n(CCCNC(=O)c2c(C)ccn(CC3CCCNC3)c2=O)n1. The Morgan fingerprint density at radius 3 is 2.86 bits per heavy atom. The predicted octanol–water partition coefficient (Wildman–Crippen LogP) is 1.18. The van der Waals surface area contributed by atoms with Crippen molar-refractivity contribution in [2.75, 3.05) is 19.6 Å². The lowest BCUT2D eigenvalue weighted by Gasteiger charge is -2.23. The van der Waals surface area contributed by atoms with E-state index in [1.165, 1.54) is 0 Å². The normalized spacial score (nSPS) is 16.9. The van der Waals surface area contributed by atoms with E-state index >= 15 is 0 Å². The van der Waals surface area contributed by atoms with Gasteiger partial charge in [0.1, 0.15) is 17.2 Å². The lowest BCUT2D eigenvalue weighted by Crippen LogP contribution is -2.38. The van der Waals surface area contributed by atoms with E-state index in [0.29, 0.717) is 31.1 Å². The molecule has 2 N–H and O–H groups in total. The van der Waals surface area contributed by atoms with Gasteiger partial charge >= 0.3 is 0 Å². The van der Waals surface area contributed by atoms with Crippen LogP contribution in [-0.2, 0) is 13.1 Å². The zero-order chi connectivity index (χ0) is 20.1. The predicted molar refractivity (Wildman–Crippen MR) is 107 cm³/mol. The molecule has 1 atom stereocenters. The van der Waals surface area contributed by atoms with Crippen molar-refractivity contribution in [2.24, 2.45) is 5.92 Å². The van der Waals surface area contributed by atoms with Crippen molar-refractivity contribution < 1.29 is 4.79 Å². The Morgan fingerprint density at radius 1 is 1.36 bits per heavy atom. The number of aryl methyl sites for hydroxylation is 4. The molecular weight excluding hydrogens is 356 g/mol. The van der Waals surface area contributed by atoms with Gasteiger partial charge in [0.2, 0.25) is 0 Å². The van der Waals surface area contributed by atoms with Gasteiger partial charge in [-0.25, -0.2) is 4.98 Å². The van der Waals surface area contributed by atoms with Gasteiger partial charge in [0, 0.05) is 25.8 Å². The topological polar surface area (TPSA) is 93.8 Å². The third kappa shape index (κ3) is 4.86. The molecule has 1 unspecified atom stereocenters. The van der Waals surface area contributed by atoms with Crippen LogP contribution in [0.3, 0.4) is 0 Å². The molecule has 0 spiro atoms. The standard InChI is InChI=1S/C20H30N6O2/c1-14-7-11-25(13-17-6-4-8-21-12-17)20(28)18(14)19(27)22-9-5-10-26-16(3)23-15(2)24-26/h7,11,17,21H,4-6,8-10,12-13H2,1-3H3,(H,22,27). The molecule has 152 valence electrons. The number of nitrogens with one attached hydrogen (secondary N) is 2. The van der Waals surface area contributed by atoms with Crippen molar-refractivity contribution in [3.63, 3.8) is 0 Å². The highest BCUT2D eigenvalue weighted by molar-refractivity contribution is 5.95. The molecule has 0 bridgehead atoms. The number of nitrogens with zero attached hydrogens (tertiary/aromatic N) is 4. The molecule has 2 aromatic heterocycles. The maximum Gasteiger partial charge on any atom is 0.263 e. The van der Waals surface area contributed by atoms with Gasteiger partial charge in [0.05, 0.1) is 0 Å². The van der Waals surface area contributed by atoms with E-state index in [0.717, 1.165) is 44.0 Å². The number of aromatic nitrogens is 4. The van der Waals surface area contributed by atoms with Crippen LogP contribution < -0.4 is 16.2 Å². The van der Waals surface area contributed by atoms with E-state index in [1.54, 1.807) is 10.8 Å². The van der Waals surface area contributed by atoms with Gasteiger partial charge in [0.25, 0.3) is 11.5 Å².